The van der Waals surface area contributed by atoms with E-state index in [1.165, 1.54) is 6.08 Å². The summed E-state index contributed by atoms with van der Waals surface area (Å²) in [4.78, 5) is 3.76. The number of benzene rings is 2. The second-order valence-electron chi connectivity index (χ2n) is 5.64. The van der Waals surface area contributed by atoms with Gasteiger partial charge in [-0.2, -0.15) is 13.2 Å². The first-order valence-corrected chi connectivity index (χ1v) is 9.85. The van der Waals surface area contributed by atoms with Gasteiger partial charge in [0.15, 0.2) is 5.75 Å². The molecule has 0 spiro atoms. The van der Waals surface area contributed by atoms with Crippen LogP contribution in [0.4, 0.5) is 13.2 Å². The predicted octanol–water partition coefficient (Wildman–Crippen LogP) is 8.16. The molecule has 0 unspecified atom stereocenters. The molecule has 0 atom stereocenters. The van der Waals surface area contributed by atoms with Gasteiger partial charge in [0.05, 0.1) is 15.1 Å². The number of nitrogens with zero attached hydrogens (tertiary/aromatic N) is 1. The van der Waals surface area contributed by atoms with Crippen molar-refractivity contribution in [2.75, 3.05) is 6.61 Å². The minimum Gasteiger partial charge on any atom is -0.489 e. The average Bonchev–Trinajstić information content (AvgIpc) is 2.64. The molecule has 0 saturated heterocycles. The number of fused-ring (bicyclic) bond motifs is 1. The molecule has 3 rings (SSSR count). The van der Waals surface area contributed by atoms with Crippen molar-refractivity contribution in [3.8, 4) is 17.4 Å². The number of hydrogen-bond acceptors (Lipinski definition) is 3. The molecule has 29 heavy (non-hydrogen) atoms. The van der Waals surface area contributed by atoms with Crippen molar-refractivity contribution in [3.05, 3.63) is 68.2 Å². The summed E-state index contributed by atoms with van der Waals surface area (Å²) < 4.78 is 50.0. The van der Waals surface area contributed by atoms with E-state index in [4.69, 9.17) is 44.3 Å². The van der Waals surface area contributed by atoms with Crippen molar-refractivity contribution in [1.29, 1.82) is 0 Å². The van der Waals surface area contributed by atoms with E-state index < -0.39 is 11.7 Å². The lowest BCUT2D eigenvalue weighted by Crippen LogP contribution is -2.06. The lowest BCUT2D eigenvalue weighted by molar-refractivity contribution is -0.137. The molecule has 0 N–H and O–H groups in total. The van der Waals surface area contributed by atoms with Crippen LogP contribution >= 0.6 is 50.7 Å². The third kappa shape index (κ3) is 5.28. The second-order valence-corrected chi connectivity index (χ2v) is 7.91. The van der Waals surface area contributed by atoms with Gasteiger partial charge in [-0.05, 0) is 46.3 Å². The van der Waals surface area contributed by atoms with Crippen molar-refractivity contribution in [2.24, 2.45) is 0 Å². The van der Waals surface area contributed by atoms with E-state index >= 15 is 0 Å². The zero-order valence-corrected chi connectivity index (χ0v) is 18.1. The highest BCUT2D eigenvalue weighted by Gasteiger charge is 2.31. The molecule has 1 aromatic heterocycles. The highest BCUT2D eigenvalue weighted by atomic mass is 79.9. The molecule has 0 aliphatic rings. The SMILES string of the molecule is FC(F)(F)c1cnc(Oc2c(Cl)ccc3c(OCC=C(Cl)Cl)cccc23)c(Br)c1. The van der Waals surface area contributed by atoms with Gasteiger partial charge in [0.2, 0.25) is 5.88 Å². The first-order valence-electron chi connectivity index (χ1n) is 7.92. The van der Waals surface area contributed by atoms with E-state index in [0.29, 0.717) is 22.7 Å². The molecule has 10 heteroatoms. The fourth-order valence-electron chi connectivity index (χ4n) is 2.45. The summed E-state index contributed by atoms with van der Waals surface area (Å²) in [6.07, 6.45) is -2.34. The van der Waals surface area contributed by atoms with Gasteiger partial charge in [-0.25, -0.2) is 4.98 Å². The largest absolute Gasteiger partial charge is 0.489 e. The number of pyridine rings is 1. The maximum atomic E-state index is 12.8. The summed E-state index contributed by atoms with van der Waals surface area (Å²) in [5.41, 5.74) is -0.901. The first-order chi connectivity index (χ1) is 13.7. The van der Waals surface area contributed by atoms with E-state index in [9.17, 15) is 13.2 Å². The fraction of sp³-hybridized carbons (Fsp3) is 0.105. The van der Waals surface area contributed by atoms with Gasteiger partial charge in [0, 0.05) is 17.0 Å². The summed E-state index contributed by atoms with van der Waals surface area (Å²) in [7, 11) is 0. The van der Waals surface area contributed by atoms with Crippen molar-refractivity contribution in [2.45, 2.75) is 6.18 Å². The maximum Gasteiger partial charge on any atom is 0.417 e. The minimum absolute atomic E-state index is 0.0368. The third-order valence-electron chi connectivity index (χ3n) is 3.73. The minimum atomic E-state index is -4.52. The summed E-state index contributed by atoms with van der Waals surface area (Å²) in [6, 6.07) is 9.42. The van der Waals surface area contributed by atoms with Crippen LogP contribution in [0.2, 0.25) is 5.02 Å². The van der Waals surface area contributed by atoms with E-state index in [0.717, 1.165) is 6.07 Å². The number of halogens is 7. The van der Waals surface area contributed by atoms with Crippen molar-refractivity contribution in [1.82, 2.24) is 4.98 Å². The second kappa shape index (κ2) is 9.00. The first kappa shape index (κ1) is 22.0. The molecule has 0 saturated carbocycles. The van der Waals surface area contributed by atoms with Crippen LogP contribution in [0.3, 0.4) is 0 Å². The Balaban J connectivity index is 2.00. The Kier molecular flexibility index (Phi) is 6.83. The highest BCUT2D eigenvalue weighted by Crippen LogP contribution is 2.41. The van der Waals surface area contributed by atoms with Crippen molar-refractivity contribution in [3.63, 3.8) is 0 Å². The van der Waals surface area contributed by atoms with Crippen LogP contribution < -0.4 is 9.47 Å². The molecule has 2 aromatic carbocycles. The Morgan fingerprint density at radius 2 is 1.90 bits per heavy atom. The van der Waals surface area contributed by atoms with Gasteiger partial charge in [0.1, 0.15) is 16.8 Å². The molecule has 3 aromatic rings. The van der Waals surface area contributed by atoms with Gasteiger partial charge < -0.3 is 9.47 Å². The number of hydrogen-bond donors (Lipinski definition) is 0. The molecular formula is C19H10BrCl3F3NO2. The van der Waals surface area contributed by atoms with Gasteiger partial charge in [0.25, 0.3) is 0 Å². The summed E-state index contributed by atoms with van der Waals surface area (Å²) in [6.45, 7) is 0.145. The number of ether oxygens (including phenoxy) is 2. The number of aromatic nitrogens is 1. The standard InChI is InChI=1S/C19H10BrCl3F3NO2/c20-13-8-10(19(24,25)26)9-27-18(13)29-17-12-2-1-3-15(28-7-6-16(22)23)11(12)4-5-14(17)21/h1-6,8-9H,7H2. The molecule has 152 valence electrons. The van der Waals surface area contributed by atoms with Crippen LogP contribution in [0.15, 0.2) is 57.6 Å². The summed E-state index contributed by atoms with van der Waals surface area (Å²) in [5, 5.41) is 1.52. The van der Waals surface area contributed by atoms with Crippen LogP contribution in [0.1, 0.15) is 5.56 Å². The van der Waals surface area contributed by atoms with E-state index in [2.05, 4.69) is 20.9 Å². The van der Waals surface area contributed by atoms with Crippen LogP contribution in [-0.4, -0.2) is 11.6 Å². The Morgan fingerprint density at radius 1 is 1.14 bits per heavy atom. The summed E-state index contributed by atoms with van der Waals surface area (Å²) >= 11 is 20.5. The Morgan fingerprint density at radius 3 is 2.55 bits per heavy atom. The van der Waals surface area contributed by atoms with E-state index in [1.54, 1.807) is 30.3 Å². The molecule has 0 amide bonds. The topological polar surface area (TPSA) is 31.4 Å². The smallest absolute Gasteiger partial charge is 0.417 e. The lowest BCUT2D eigenvalue weighted by atomic mass is 10.1. The van der Waals surface area contributed by atoms with E-state index in [-0.39, 0.29) is 32.2 Å². The summed E-state index contributed by atoms with van der Waals surface area (Å²) in [5.74, 6) is 0.693. The van der Waals surface area contributed by atoms with Gasteiger partial charge in [-0.3, -0.25) is 0 Å². The predicted molar refractivity (Wildman–Crippen MR) is 111 cm³/mol. The average molecular weight is 528 g/mol. The zero-order valence-electron chi connectivity index (χ0n) is 14.2. The monoisotopic (exact) mass is 525 g/mol. The zero-order chi connectivity index (χ0) is 21.2. The third-order valence-corrected chi connectivity index (χ3v) is 4.91. The quantitative estimate of drug-likeness (QED) is 0.336. The molecule has 0 aliphatic carbocycles. The molecule has 0 bridgehead atoms. The molecule has 3 nitrogen and oxygen atoms in total. The van der Waals surface area contributed by atoms with Crippen LogP contribution in [0.5, 0.6) is 17.4 Å². The Hall–Kier alpha value is -1.67. The van der Waals surface area contributed by atoms with Crippen LogP contribution in [0.25, 0.3) is 10.8 Å². The Bertz CT molecular complexity index is 1090. The van der Waals surface area contributed by atoms with Crippen molar-refractivity contribution < 1.29 is 22.6 Å². The molecule has 1 heterocycles. The van der Waals surface area contributed by atoms with E-state index in [1.807, 2.05) is 0 Å². The van der Waals surface area contributed by atoms with Gasteiger partial charge in [-0.1, -0.05) is 46.9 Å². The molecule has 0 aliphatic heterocycles. The molecule has 0 fully saturated rings. The van der Waals surface area contributed by atoms with Crippen LogP contribution in [0, 0.1) is 0 Å². The van der Waals surface area contributed by atoms with Gasteiger partial charge >= 0.3 is 6.18 Å². The number of alkyl halides is 3. The van der Waals surface area contributed by atoms with Crippen LogP contribution in [-0.2, 0) is 6.18 Å². The lowest BCUT2D eigenvalue weighted by Gasteiger charge is -2.14. The van der Waals surface area contributed by atoms with Gasteiger partial charge in [-0.15, -0.1) is 0 Å². The molecular weight excluding hydrogens is 517 g/mol. The maximum absolute atomic E-state index is 12.8. The fourth-order valence-corrected chi connectivity index (χ4v) is 3.21. The van der Waals surface area contributed by atoms with Crippen molar-refractivity contribution >= 4 is 61.5 Å². The highest BCUT2D eigenvalue weighted by molar-refractivity contribution is 9.10. The number of rotatable bonds is 5. The molecule has 0 radical (unpaired) electrons. The normalized spacial score (nSPS) is 11.4. The Labute approximate surface area is 187 Å².